The highest BCUT2D eigenvalue weighted by atomic mass is 19.3. The SMILES string of the molecule is Cc1nc(=NCc2cccc(C(F)F)c2F)c2cc(NC(=O)C3CCCC3)ncc2n1C. The van der Waals surface area contributed by atoms with Gasteiger partial charge in [0.25, 0.3) is 6.43 Å². The lowest BCUT2D eigenvalue weighted by atomic mass is 10.1. The standard InChI is InChI=1S/C23H24F3N5O/c1-13-29-22(28-11-15-8-5-9-16(20(15)24)21(25)26)17-10-19(27-12-18(17)31(13)2)30-23(32)14-6-3-4-7-14/h5,8-10,12,14,21H,3-4,6-7,11H2,1-2H3,(H,27,30,32). The van der Waals surface area contributed by atoms with Gasteiger partial charge in [0.1, 0.15) is 17.5 Å². The van der Waals surface area contributed by atoms with Crippen LogP contribution in [0.25, 0.3) is 10.9 Å². The van der Waals surface area contributed by atoms with Gasteiger partial charge in [0.2, 0.25) is 5.91 Å². The molecule has 4 rings (SSSR count). The molecule has 1 aliphatic carbocycles. The Morgan fingerprint density at radius 1 is 1.31 bits per heavy atom. The lowest BCUT2D eigenvalue weighted by Gasteiger charge is -2.13. The molecule has 2 aromatic heterocycles. The Morgan fingerprint density at radius 2 is 2.06 bits per heavy atom. The molecule has 32 heavy (non-hydrogen) atoms. The summed E-state index contributed by atoms with van der Waals surface area (Å²) < 4.78 is 42.3. The number of pyridine rings is 1. The molecule has 6 nitrogen and oxygen atoms in total. The monoisotopic (exact) mass is 443 g/mol. The van der Waals surface area contributed by atoms with E-state index in [-0.39, 0.29) is 23.9 Å². The van der Waals surface area contributed by atoms with Crippen LogP contribution in [-0.2, 0) is 18.4 Å². The van der Waals surface area contributed by atoms with Crippen LogP contribution in [0.4, 0.5) is 19.0 Å². The Morgan fingerprint density at radius 3 is 2.78 bits per heavy atom. The largest absolute Gasteiger partial charge is 0.331 e. The Hall–Kier alpha value is -3.23. The molecule has 1 amide bonds. The van der Waals surface area contributed by atoms with Crippen LogP contribution in [0.1, 0.15) is 49.1 Å². The minimum Gasteiger partial charge on any atom is -0.331 e. The third-order valence-electron chi connectivity index (χ3n) is 5.96. The number of carbonyl (C=O) groups excluding carboxylic acids is 1. The maximum atomic E-state index is 14.4. The zero-order valence-corrected chi connectivity index (χ0v) is 17.9. The number of benzene rings is 1. The van der Waals surface area contributed by atoms with E-state index >= 15 is 0 Å². The van der Waals surface area contributed by atoms with Crippen molar-refractivity contribution in [3.63, 3.8) is 0 Å². The van der Waals surface area contributed by atoms with Gasteiger partial charge in [0.05, 0.1) is 23.8 Å². The van der Waals surface area contributed by atoms with E-state index in [2.05, 4.69) is 20.3 Å². The van der Waals surface area contributed by atoms with E-state index < -0.39 is 17.8 Å². The number of hydrogen-bond donors (Lipinski definition) is 1. The van der Waals surface area contributed by atoms with Crippen molar-refractivity contribution < 1.29 is 18.0 Å². The fraction of sp³-hybridized carbons (Fsp3) is 0.391. The van der Waals surface area contributed by atoms with Gasteiger partial charge < -0.3 is 9.88 Å². The van der Waals surface area contributed by atoms with Gasteiger partial charge in [-0.15, -0.1) is 0 Å². The molecular weight excluding hydrogens is 419 g/mol. The molecule has 168 valence electrons. The zero-order valence-electron chi connectivity index (χ0n) is 17.9. The number of alkyl halides is 2. The number of halogens is 3. The van der Waals surface area contributed by atoms with E-state index in [0.717, 1.165) is 37.3 Å². The van der Waals surface area contributed by atoms with Crippen LogP contribution in [0.3, 0.4) is 0 Å². The predicted molar refractivity (Wildman–Crippen MR) is 114 cm³/mol. The molecule has 0 unspecified atom stereocenters. The number of carbonyl (C=O) groups is 1. The normalized spacial score (nSPS) is 15.1. The highest BCUT2D eigenvalue weighted by molar-refractivity contribution is 5.93. The van der Waals surface area contributed by atoms with Crippen molar-refractivity contribution in [1.82, 2.24) is 14.5 Å². The summed E-state index contributed by atoms with van der Waals surface area (Å²) in [7, 11) is 1.83. The van der Waals surface area contributed by atoms with E-state index in [1.165, 1.54) is 12.1 Å². The van der Waals surface area contributed by atoms with Gasteiger partial charge >= 0.3 is 0 Å². The van der Waals surface area contributed by atoms with Crippen LogP contribution in [0.15, 0.2) is 35.5 Å². The van der Waals surface area contributed by atoms with Crippen molar-refractivity contribution in [3.05, 3.63) is 58.7 Å². The Bertz CT molecular complexity index is 1230. The third-order valence-corrected chi connectivity index (χ3v) is 5.96. The molecule has 2 heterocycles. The van der Waals surface area contributed by atoms with Gasteiger partial charge in [-0.25, -0.2) is 23.1 Å². The molecule has 0 atom stereocenters. The highest BCUT2D eigenvalue weighted by Gasteiger charge is 2.23. The van der Waals surface area contributed by atoms with E-state index in [1.807, 2.05) is 11.6 Å². The maximum Gasteiger partial charge on any atom is 0.266 e. The quantitative estimate of drug-likeness (QED) is 0.627. The number of rotatable bonds is 5. The first-order valence-corrected chi connectivity index (χ1v) is 10.6. The van der Waals surface area contributed by atoms with Crippen LogP contribution in [-0.4, -0.2) is 20.4 Å². The fourth-order valence-corrected chi connectivity index (χ4v) is 4.01. The number of nitrogens with one attached hydrogen (secondary N) is 1. The van der Waals surface area contributed by atoms with E-state index in [4.69, 9.17) is 0 Å². The molecule has 1 saturated carbocycles. The molecule has 1 N–H and O–H groups in total. The van der Waals surface area contributed by atoms with Gasteiger partial charge in [-0.05, 0) is 25.8 Å². The van der Waals surface area contributed by atoms with Gasteiger partial charge in [-0.1, -0.05) is 31.0 Å². The summed E-state index contributed by atoms with van der Waals surface area (Å²) in [5, 5.41) is 3.49. The van der Waals surface area contributed by atoms with Crippen molar-refractivity contribution in [3.8, 4) is 0 Å². The number of fused-ring (bicyclic) bond motifs is 1. The topological polar surface area (TPSA) is 72.2 Å². The van der Waals surface area contributed by atoms with Gasteiger partial charge in [0.15, 0.2) is 5.49 Å². The highest BCUT2D eigenvalue weighted by Crippen LogP contribution is 2.26. The molecule has 0 aliphatic heterocycles. The minimum absolute atomic E-state index is 0.00556. The second-order valence-corrected chi connectivity index (χ2v) is 8.04. The van der Waals surface area contributed by atoms with Crippen LogP contribution in [0.2, 0.25) is 0 Å². The molecule has 1 aromatic carbocycles. The first-order chi connectivity index (χ1) is 15.3. The summed E-state index contributed by atoms with van der Waals surface area (Å²) in [6, 6.07) is 5.57. The van der Waals surface area contributed by atoms with Gasteiger partial charge in [-0.2, -0.15) is 0 Å². The summed E-state index contributed by atoms with van der Waals surface area (Å²) >= 11 is 0. The number of amides is 1. The van der Waals surface area contributed by atoms with Gasteiger partial charge in [-0.3, -0.25) is 9.79 Å². The third kappa shape index (κ3) is 4.37. The van der Waals surface area contributed by atoms with Crippen LogP contribution >= 0.6 is 0 Å². The van der Waals surface area contributed by atoms with E-state index in [1.54, 1.807) is 19.2 Å². The first kappa shape index (κ1) is 22.0. The van der Waals surface area contributed by atoms with Crippen molar-refractivity contribution in [2.45, 2.75) is 45.6 Å². The minimum atomic E-state index is -2.90. The lowest BCUT2D eigenvalue weighted by Crippen LogP contribution is -2.22. The average molecular weight is 443 g/mol. The van der Waals surface area contributed by atoms with E-state index in [0.29, 0.717) is 22.5 Å². The van der Waals surface area contributed by atoms with Crippen molar-refractivity contribution in [2.24, 2.45) is 18.0 Å². The molecule has 9 heteroatoms. The van der Waals surface area contributed by atoms with Crippen molar-refractivity contribution in [1.29, 1.82) is 0 Å². The summed E-state index contributed by atoms with van der Waals surface area (Å²) in [5.74, 6) is 0.0297. The smallest absolute Gasteiger partial charge is 0.266 e. The summed E-state index contributed by atoms with van der Waals surface area (Å²) in [4.78, 5) is 25.8. The Balaban J connectivity index is 1.72. The number of nitrogens with zero attached hydrogens (tertiary/aromatic N) is 4. The van der Waals surface area contributed by atoms with E-state index in [9.17, 15) is 18.0 Å². The zero-order chi connectivity index (χ0) is 22.8. The van der Waals surface area contributed by atoms with Gasteiger partial charge in [0, 0.05) is 23.9 Å². The van der Waals surface area contributed by atoms with Crippen LogP contribution in [0.5, 0.6) is 0 Å². The number of aromatic nitrogens is 3. The summed E-state index contributed by atoms with van der Waals surface area (Å²) in [6.07, 6.45) is 2.58. The molecule has 0 radical (unpaired) electrons. The Kier molecular flexibility index (Phi) is 6.25. The predicted octanol–water partition coefficient (Wildman–Crippen LogP) is 4.58. The van der Waals surface area contributed by atoms with Crippen LogP contribution in [0, 0.1) is 18.7 Å². The number of aryl methyl sites for hydroxylation is 2. The molecule has 1 fully saturated rings. The Labute approximate surface area is 183 Å². The number of anilines is 1. The lowest BCUT2D eigenvalue weighted by molar-refractivity contribution is -0.119. The molecule has 0 spiro atoms. The summed E-state index contributed by atoms with van der Waals surface area (Å²) in [5.41, 5.74) is 0.479. The maximum absolute atomic E-state index is 14.4. The van der Waals surface area contributed by atoms with Crippen molar-refractivity contribution >= 4 is 22.6 Å². The molecule has 1 aliphatic rings. The molecule has 0 saturated heterocycles. The number of hydrogen-bond acceptors (Lipinski definition) is 4. The van der Waals surface area contributed by atoms with Crippen LogP contribution < -0.4 is 10.8 Å². The summed E-state index contributed by atoms with van der Waals surface area (Å²) in [6.45, 7) is 1.65. The second-order valence-electron chi connectivity index (χ2n) is 8.04. The molecule has 3 aromatic rings. The van der Waals surface area contributed by atoms with Crippen molar-refractivity contribution in [2.75, 3.05) is 5.32 Å². The fourth-order valence-electron chi connectivity index (χ4n) is 4.01. The second kappa shape index (κ2) is 9.10. The first-order valence-electron chi connectivity index (χ1n) is 10.6. The molecule has 0 bridgehead atoms. The molecular formula is C23H24F3N5O. The average Bonchev–Trinajstić information content (AvgIpc) is 3.31.